The summed E-state index contributed by atoms with van der Waals surface area (Å²) in [5, 5.41) is 8.98. The van der Waals surface area contributed by atoms with E-state index in [2.05, 4.69) is 17.0 Å². The molecule has 1 aromatic carbocycles. The molecule has 1 atom stereocenters. The summed E-state index contributed by atoms with van der Waals surface area (Å²) in [7, 11) is 0. The summed E-state index contributed by atoms with van der Waals surface area (Å²) in [6.45, 7) is 3.63. The van der Waals surface area contributed by atoms with Crippen LogP contribution in [0.5, 0.6) is 11.5 Å². The molecule has 2 aliphatic rings. The number of ether oxygens (including phenoxy) is 2. The Morgan fingerprint density at radius 1 is 1.21 bits per heavy atom. The Balaban J connectivity index is 1.77. The maximum absolute atomic E-state index is 8.98. The van der Waals surface area contributed by atoms with E-state index in [1.807, 2.05) is 6.07 Å². The molecule has 0 spiro atoms. The predicted octanol–water partition coefficient (Wildman–Crippen LogP) is 1.98. The van der Waals surface area contributed by atoms with E-state index >= 15 is 0 Å². The second-order valence-electron chi connectivity index (χ2n) is 5.17. The van der Waals surface area contributed by atoms with Crippen LogP contribution in [0.1, 0.15) is 30.9 Å². The molecule has 104 valence electrons. The third-order valence-corrected chi connectivity index (χ3v) is 3.92. The zero-order valence-corrected chi connectivity index (χ0v) is 11.2. The molecule has 2 heterocycles. The summed E-state index contributed by atoms with van der Waals surface area (Å²) >= 11 is 0. The van der Waals surface area contributed by atoms with Crippen molar-refractivity contribution in [2.24, 2.45) is 0 Å². The minimum absolute atomic E-state index is 0.268. The van der Waals surface area contributed by atoms with Crippen LogP contribution >= 0.6 is 0 Å². The van der Waals surface area contributed by atoms with E-state index in [-0.39, 0.29) is 6.61 Å². The Hall–Kier alpha value is -1.26. The van der Waals surface area contributed by atoms with E-state index in [1.54, 1.807) is 0 Å². The number of likely N-dealkylation sites (tertiary alicyclic amines) is 1. The van der Waals surface area contributed by atoms with Gasteiger partial charge in [0.2, 0.25) is 0 Å². The van der Waals surface area contributed by atoms with Gasteiger partial charge in [-0.05, 0) is 43.5 Å². The zero-order chi connectivity index (χ0) is 13.1. The topological polar surface area (TPSA) is 41.9 Å². The van der Waals surface area contributed by atoms with E-state index in [0.717, 1.165) is 31.0 Å². The fraction of sp³-hybridized carbons (Fsp3) is 0.600. The van der Waals surface area contributed by atoms with Crippen LogP contribution in [0.4, 0.5) is 0 Å². The molecule has 0 amide bonds. The Morgan fingerprint density at radius 2 is 2.05 bits per heavy atom. The Bertz CT molecular complexity index is 435. The molecule has 1 aromatic rings. The fourth-order valence-corrected chi connectivity index (χ4v) is 3.01. The molecule has 0 radical (unpaired) electrons. The summed E-state index contributed by atoms with van der Waals surface area (Å²) in [6, 6.07) is 6.75. The summed E-state index contributed by atoms with van der Waals surface area (Å²) in [6.07, 6.45) is 3.26. The van der Waals surface area contributed by atoms with Gasteiger partial charge in [0.25, 0.3) is 0 Å². The smallest absolute Gasteiger partial charge is 0.161 e. The number of hydrogen-bond acceptors (Lipinski definition) is 4. The molecule has 4 nitrogen and oxygen atoms in total. The van der Waals surface area contributed by atoms with Crippen molar-refractivity contribution in [3.05, 3.63) is 23.8 Å². The van der Waals surface area contributed by atoms with Gasteiger partial charge >= 0.3 is 0 Å². The number of aliphatic hydroxyl groups is 1. The van der Waals surface area contributed by atoms with Gasteiger partial charge in [-0.1, -0.05) is 6.07 Å². The predicted molar refractivity (Wildman–Crippen MR) is 72.7 cm³/mol. The third kappa shape index (κ3) is 2.69. The first-order valence-electron chi connectivity index (χ1n) is 7.13. The third-order valence-electron chi connectivity index (χ3n) is 3.92. The second kappa shape index (κ2) is 5.80. The Kier molecular flexibility index (Phi) is 3.89. The lowest BCUT2D eigenvalue weighted by atomic mass is 10.0. The number of fused-ring (bicyclic) bond motifs is 1. The first-order chi connectivity index (χ1) is 9.38. The summed E-state index contributed by atoms with van der Waals surface area (Å²) < 4.78 is 11.2. The van der Waals surface area contributed by atoms with Crippen molar-refractivity contribution in [1.29, 1.82) is 0 Å². The zero-order valence-electron chi connectivity index (χ0n) is 11.2. The molecule has 1 fully saturated rings. The van der Waals surface area contributed by atoms with Gasteiger partial charge in [-0.2, -0.15) is 0 Å². The number of benzene rings is 1. The Labute approximate surface area is 113 Å². The van der Waals surface area contributed by atoms with Crippen molar-refractivity contribution in [1.82, 2.24) is 4.90 Å². The van der Waals surface area contributed by atoms with Crippen LogP contribution in [0.3, 0.4) is 0 Å². The van der Waals surface area contributed by atoms with E-state index in [4.69, 9.17) is 14.6 Å². The molecule has 0 unspecified atom stereocenters. The van der Waals surface area contributed by atoms with Crippen molar-refractivity contribution in [3.8, 4) is 11.5 Å². The Morgan fingerprint density at radius 3 is 2.89 bits per heavy atom. The van der Waals surface area contributed by atoms with Crippen LogP contribution in [0.15, 0.2) is 18.2 Å². The quantitative estimate of drug-likeness (QED) is 0.902. The summed E-state index contributed by atoms with van der Waals surface area (Å²) in [5.74, 6) is 1.73. The lowest BCUT2D eigenvalue weighted by molar-refractivity contribution is 0.170. The maximum atomic E-state index is 8.98. The number of nitrogens with zero attached hydrogens (tertiary/aromatic N) is 1. The minimum atomic E-state index is 0.268. The van der Waals surface area contributed by atoms with Gasteiger partial charge in [-0.3, -0.25) is 4.90 Å². The highest BCUT2D eigenvalue weighted by Crippen LogP contribution is 2.37. The standard InChI is InChI=1S/C15H21NO3/c17-8-2-7-16-6-1-3-13(16)12-4-5-14-15(11-12)19-10-9-18-14/h4-5,11,13,17H,1-3,6-10H2/t13-/m0/s1. The highest BCUT2D eigenvalue weighted by atomic mass is 16.6. The highest BCUT2D eigenvalue weighted by molar-refractivity contribution is 5.44. The first kappa shape index (κ1) is 12.8. The van der Waals surface area contributed by atoms with Crippen LogP contribution in [-0.2, 0) is 0 Å². The highest BCUT2D eigenvalue weighted by Gasteiger charge is 2.26. The van der Waals surface area contributed by atoms with Crippen LogP contribution < -0.4 is 9.47 Å². The minimum Gasteiger partial charge on any atom is -0.486 e. The molecule has 0 bridgehead atoms. The van der Waals surface area contributed by atoms with E-state index in [9.17, 15) is 0 Å². The van der Waals surface area contributed by atoms with Gasteiger partial charge in [0.1, 0.15) is 13.2 Å². The molecular weight excluding hydrogens is 242 g/mol. The van der Waals surface area contributed by atoms with Gasteiger partial charge in [0.15, 0.2) is 11.5 Å². The van der Waals surface area contributed by atoms with Gasteiger partial charge in [0, 0.05) is 19.2 Å². The SMILES string of the molecule is OCCCN1CCC[C@H]1c1ccc2c(c1)OCCO2. The number of rotatable bonds is 4. The van der Waals surface area contributed by atoms with Crippen molar-refractivity contribution < 1.29 is 14.6 Å². The normalized spacial score (nSPS) is 22.7. The average Bonchev–Trinajstić information content (AvgIpc) is 2.93. The van der Waals surface area contributed by atoms with Crippen LogP contribution in [0.25, 0.3) is 0 Å². The molecule has 3 rings (SSSR count). The van der Waals surface area contributed by atoms with Gasteiger partial charge in [-0.25, -0.2) is 0 Å². The number of hydrogen-bond donors (Lipinski definition) is 1. The molecule has 2 aliphatic heterocycles. The fourth-order valence-electron chi connectivity index (χ4n) is 3.01. The van der Waals surface area contributed by atoms with Gasteiger partial charge in [0.05, 0.1) is 0 Å². The van der Waals surface area contributed by atoms with Crippen LogP contribution in [0.2, 0.25) is 0 Å². The molecule has 19 heavy (non-hydrogen) atoms. The number of aliphatic hydroxyl groups excluding tert-OH is 1. The maximum Gasteiger partial charge on any atom is 0.161 e. The second-order valence-corrected chi connectivity index (χ2v) is 5.17. The van der Waals surface area contributed by atoms with E-state index < -0.39 is 0 Å². The van der Waals surface area contributed by atoms with Crippen molar-refractivity contribution >= 4 is 0 Å². The largest absolute Gasteiger partial charge is 0.486 e. The van der Waals surface area contributed by atoms with Gasteiger partial charge < -0.3 is 14.6 Å². The average molecular weight is 263 g/mol. The lowest BCUT2D eigenvalue weighted by Crippen LogP contribution is -2.25. The van der Waals surface area contributed by atoms with Crippen molar-refractivity contribution in [2.45, 2.75) is 25.3 Å². The lowest BCUT2D eigenvalue weighted by Gasteiger charge is -2.26. The molecule has 0 aromatic heterocycles. The molecule has 1 saturated heterocycles. The van der Waals surface area contributed by atoms with E-state index in [1.165, 1.54) is 18.4 Å². The van der Waals surface area contributed by atoms with Crippen molar-refractivity contribution in [3.63, 3.8) is 0 Å². The molecule has 0 saturated carbocycles. The summed E-state index contributed by atoms with van der Waals surface area (Å²) in [5.41, 5.74) is 1.31. The van der Waals surface area contributed by atoms with Crippen LogP contribution in [0, 0.1) is 0 Å². The molecule has 4 heteroatoms. The van der Waals surface area contributed by atoms with Crippen molar-refractivity contribution in [2.75, 3.05) is 32.9 Å². The van der Waals surface area contributed by atoms with Gasteiger partial charge in [-0.15, -0.1) is 0 Å². The monoisotopic (exact) mass is 263 g/mol. The molecule has 1 N–H and O–H groups in total. The molecular formula is C15H21NO3. The molecule has 0 aliphatic carbocycles. The van der Waals surface area contributed by atoms with E-state index in [0.29, 0.717) is 19.3 Å². The first-order valence-corrected chi connectivity index (χ1v) is 7.13. The van der Waals surface area contributed by atoms with Crippen LogP contribution in [-0.4, -0.2) is 42.9 Å². The summed E-state index contributed by atoms with van der Waals surface area (Å²) in [4.78, 5) is 2.46.